The van der Waals surface area contributed by atoms with Gasteiger partial charge in [0.1, 0.15) is 5.82 Å². The number of para-hydroxylation sites is 1. The van der Waals surface area contributed by atoms with E-state index in [4.69, 9.17) is 11.6 Å². The third-order valence-electron chi connectivity index (χ3n) is 3.35. The van der Waals surface area contributed by atoms with Gasteiger partial charge >= 0.3 is 0 Å². The quantitative estimate of drug-likeness (QED) is 0.776. The highest BCUT2D eigenvalue weighted by molar-refractivity contribution is 6.17. The fraction of sp³-hybridized carbons (Fsp3) is 0.400. The van der Waals surface area contributed by atoms with Crippen molar-refractivity contribution in [2.45, 2.75) is 26.7 Å². The van der Waals surface area contributed by atoms with Gasteiger partial charge in [0, 0.05) is 18.7 Å². The van der Waals surface area contributed by atoms with E-state index in [1.54, 1.807) is 0 Å². The zero-order valence-electron chi connectivity index (χ0n) is 11.7. The Balaban J connectivity index is 2.61. The van der Waals surface area contributed by atoms with Crippen molar-refractivity contribution in [1.29, 1.82) is 0 Å². The van der Waals surface area contributed by atoms with E-state index in [1.807, 2.05) is 29.8 Å². The van der Waals surface area contributed by atoms with Crippen molar-refractivity contribution in [3.05, 3.63) is 41.6 Å². The lowest BCUT2D eigenvalue weighted by Gasteiger charge is -2.23. The number of benzene rings is 1. The Morgan fingerprint density at radius 2 is 1.79 bits per heavy atom. The van der Waals surface area contributed by atoms with Crippen LogP contribution < -0.4 is 4.90 Å². The Morgan fingerprint density at radius 3 is 2.32 bits per heavy atom. The maximum absolute atomic E-state index is 6.12. The molecule has 0 fully saturated rings. The molecule has 0 bridgehead atoms. The van der Waals surface area contributed by atoms with Gasteiger partial charge in [-0.2, -0.15) is 5.10 Å². The summed E-state index contributed by atoms with van der Waals surface area (Å²) in [6, 6.07) is 10.2. The number of alkyl halides is 1. The molecular formula is C15H20ClN3. The smallest absolute Gasteiger partial charge is 0.137 e. The Morgan fingerprint density at radius 1 is 1.16 bits per heavy atom. The molecule has 0 aliphatic carbocycles. The van der Waals surface area contributed by atoms with Crippen LogP contribution in [-0.2, 0) is 5.88 Å². The molecule has 1 aromatic carbocycles. The lowest BCUT2D eigenvalue weighted by atomic mass is 10.2. The standard InChI is InChI=1S/C15H20ClN3/c1-4-18(5-2)15-14(11-16)12(3)17-19(15)13-9-7-6-8-10-13/h6-10H,4-5,11H2,1-3H3. The lowest BCUT2D eigenvalue weighted by molar-refractivity contribution is 0.779. The Hall–Kier alpha value is -1.48. The molecule has 0 atom stereocenters. The molecule has 1 heterocycles. The highest BCUT2D eigenvalue weighted by Gasteiger charge is 2.19. The molecule has 3 nitrogen and oxygen atoms in total. The van der Waals surface area contributed by atoms with Crippen molar-refractivity contribution in [3.63, 3.8) is 0 Å². The lowest BCUT2D eigenvalue weighted by Crippen LogP contribution is -2.25. The molecule has 102 valence electrons. The first-order valence-corrected chi connectivity index (χ1v) is 7.21. The second-order valence-electron chi connectivity index (χ2n) is 4.44. The molecular weight excluding hydrogens is 258 g/mol. The van der Waals surface area contributed by atoms with E-state index in [1.165, 1.54) is 0 Å². The normalized spacial score (nSPS) is 10.7. The van der Waals surface area contributed by atoms with Crippen LogP contribution in [0.5, 0.6) is 0 Å². The molecule has 2 rings (SSSR count). The van der Waals surface area contributed by atoms with Gasteiger partial charge < -0.3 is 4.90 Å². The third-order valence-corrected chi connectivity index (χ3v) is 3.62. The van der Waals surface area contributed by atoms with Crippen molar-refractivity contribution in [2.24, 2.45) is 0 Å². The minimum atomic E-state index is 0.491. The van der Waals surface area contributed by atoms with Crippen molar-refractivity contribution in [2.75, 3.05) is 18.0 Å². The fourth-order valence-corrected chi connectivity index (χ4v) is 2.61. The second kappa shape index (κ2) is 6.11. The van der Waals surface area contributed by atoms with Crippen LogP contribution in [0.4, 0.5) is 5.82 Å². The highest BCUT2D eigenvalue weighted by Crippen LogP contribution is 2.28. The first-order chi connectivity index (χ1) is 9.22. The zero-order valence-corrected chi connectivity index (χ0v) is 12.5. The number of aromatic nitrogens is 2. The topological polar surface area (TPSA) is 21.1 Å². The molecule has 4 heteroatoms. The van der Waals surface area contributed by atoms with E-state index in [0.717, 1.165) is 35.9 Å². The SMILES string of the molecule is CCN(CC)c1c(CCl)c(C)nn1-c1ccccc1. The van der Waals surface area contributed by atoms with Crippen LogP contribution in [0, 0.1) is 6.92 Å². The van der Waals surface area contributed by atoms with E-state index < -0.39 is 0 Å². The van der Waals surface area contributed by atoms with Crippen LogP contribution in [0.1, 0.15) is 25.1 Å². The molecule has 0 unspecified atom stereocenters. The molecule has 0 N–H and O–H groups in total. The first kappa shape index (κ1) is 13.9. The fourth-order valence-electron chi connectivity index (χ4n) is 2.30. The summed E-state index contributed by atoms with van der Waals surface area (Å²) in [7, 11) is 0. The van der Waals surface area contributed by atoms with Gasteiger partial charge in [0.2, 0.25) is 0 Å². The van der Waals surface area contributed by atoms with Crippen LogP contribution in [0.2, 0.25) is 0 Å². The number of rotatable bonds is 5. The Kier molecular flexibility index (Phi) is 4.48. The number of aryl methyl sites for hydroxylation is 1. The van der Waals surface area contributed by atoms with E-state index in [0.29, 0.717) is 5.88 Å². The maximum atomic E-state index is 6.12. The number of hydrogen-bond acceptors (Lipinski definition) is 2. The van der Waals surface area contributed by atoms with Crippen molar-refractivity contribution in [3.8, 4) is 5.69 Å². The first-order valence-electron chi connectivity index (χ1n) is 6.67. The summed E-state index contributed by atoms with van der Waals surface area (Å²) in [5.74, 6) is 1.61. The average molecular weight is 278 g/mol. The van der Waals surface area contributed by atoms with Crippen molar-refractivity contribution < 1.29 is 0 Å². The van der Waals surface area contributed by atoms with Crippen LogP contribution in [0.15, 0.2) is 30.3 Å². The summed E-state index contributed by atoms with van der Waals surface area (Å²) in [5.41, 5.74) is 3.19. The predicted molar refractivity (Wildman–Crippen MR) is 81.4 cm³/mol. The number of nitrogens with zero attached hydrogens (tertiary/aromatic N) is 3. The summed E-state index contributed by atoms with van der Waals surface area (Å²) in [4.78, 5) is 2.30. The molecule has 1 aromatic heterocycles. The molecule has 0 saturated heterocycles. The number of hydrogen-bond donors (Lipinski definition) is 0. The maximum Gasteiger partial charge on any atom is 0.137 e. The minimum Gasteiger partial charge on any atom is -0.357 e. The summed E-state index contributed by atoms with van der Waals surface area (Å²) in [6.45, 7) is 8.21. The molecule has 0 saturated carbocycles. The van der Waals surface area contributed by atoms with E-state index in [-0.39, 0.29) is 0 Å². The monoisotopic (exact) mass is 277 g/mol. The van der Waals surface area contributed by atoms with Crippen LogP contribution in [0.25, 0.3) is 5.69 Å². The molecule has 0 aliphatic heterocycles. The van der Waals surface area contributed by atoms with Gasteiger partial charge in [0.05, 0.1) is 17.3 Å². The minimum absolute atomic E-state index is 0.491. The highest BCUT2D eigenvalue weighted by atomic mass is 35.5. The van der Waals surface area contributed by atoms with Crippen molar-refractivity contribution >= 4 is 17.4 Å². The molecule has 0 aliphatic rings. The van der Waals surface area contributed by atoms with Gasteiger partial charge in [-0.05, 0) is 32.9 Å². The number of halogens is 1. The Bertz CT molecular complexity index is 530. The van der Waals surface area contributed by atoms with Gasteiger partial charge in [0.15, 0.2) is 0 Å². The predicted octanol–water partition coefficient (Wildman–Crippen LogP) is 3.77. The summed E-state index contributed by atoms with van der Waals surface area (Å²) >= 11 is 6.12. The van der Waals surface area contributed by atoms with Gasteiger partial charge in [-0.1, -0.05) is 18.2 Å². The molecule has 19 heavy (non-hydrogen) atoms. The van der Waals surface area contributed by atoms with Gasteiger partial charge in [-0.15, -0.1) is 11.6 Å². The van der Waals surface area contributed by atoms with Crippen LogP contribution >= 0.6 is 11.6 Å². The number of anilines is 1. The van der Waals surface area contributed by atoms with E-state index >= 15 is 0 Å². The van der Waals surface area contributed by atoms with Gasteiger partial charge in [-0.25, -0.2) is 4.68 Å². The van der Waals surface area contributed by atoms with Gasteiger partial charge in [0.25, 0.3) is 0 Å². The Labute approximate surface area is 119 Å². The summed E-state index contributed by atoms with van der Waals surface area (Å²) in [5, 5.41) is 4.66. The molecule has 2 aromatic rings. The summed E-state index contributed by atoms with van der Waals surface area (Å²) < 4.78 is 2.00. The molecule has 0 spiro atoms. The van der Waals surface area contributed by atoms with Crippen LogP contribution in [0.3, 0.4) is 0 Å². The molecule has 0 radical (unpaired) electrons. The summed E-state index contributed by atoms with van der Waals surface area (Å²) in [6.07, 6.45) is 0. The van der Waals surface area contributed by atoms with E-state index in [2.05, 4.69) is 36.0 Å². The van der Waals surface area contributed by atoms with E-state index in [9.17, 15) is 0 Å². The van der Waals surface area contributed by atoms with Crippen molar-refractivity contribution in [1.82, 2.24) is 9.78 Å². The largest absolute Gasteiger partial charge is 0.357 e. The average Bonchev–Trinajstić information content (AvgIpc) is 2.78. The zero-order chi connectivity index (χ0) is 13.8. The second-order valence-corrected chi connectivity index (χ2v) is 4.71. The van der Waals surface area contributed by atoms with Gasteiger partial charge in [-0.3, -0.25) is 0 Å². The third kappa shape index (κ3) is 2.61. The molecule has 0 amide bonds. The van der Waals surface area contributed by atoms with Crippen LogP contribution in [-0.4, -0.2) is 22.9 Å².